The normalized spacial score (nSPS) is 30.1. The van der Waals surface area contributed by atoms with Crippen LogP contribution in [0.2, 0.25) is 0 Å². The molecule has 3 atom stereocenters. The van der Waals surface area contributed by atoms with Crippen LogP contribution in [-0.4, -0.2) is 16.6 Å². The van der Waals surface area contributed by atoms with E-state index in [1.54, 1.807) is 11.8 Å². The van der Waals surface area contributed by atoms with Gasteiger partial charge in [-0.15, -0.1) is 0 Å². The summed E-state index contributed by atoms with van der Waals surface area (Å²) in [6.07, 6.45) is 26.4. The number of hydrogen-bond acceptors (Lipinski definition) is 6. The predicted molar refractivity (Wildman–Crippen MR) is 193 cm³/mol. The van der Waals surface area contributed by atoms with Gasteiger partial charge in [-0.05, 0) is 80.2 Å². The quantitative estimate of drug-likeness (QED) is 0.256. The number of ether oxygens (including phenoxy) is 1. The number of thioether (sulfide) groups is 1. The van der Waals surface area contributed by atoms with Crippen LogP contribution in [0.3, 0.4) is 0 Å². The van der Waals surface area contributed by atoms with Crippen LogP contribution in [0.5, 0.6) is 0 Å². The van der Waals surface area contributed by atoms with Gasteiger partial charge in [0.15, 0.2) is 11.1 Å². The highest BCUT2D eigenvalue weighted by atomic mass is 32.2. The molecular weight excluding hydrogens is 601 g/mol. The second-order valence-corrected chi connectivity index (χ2v) is 16.4. The molecule has 7 rings (SSSR count). The molecule has 47 heavy (non-hydrogen) atoms. The number of carbonyl (C=O) groups excluding carboxylic acids is 1. The standard InChI is InChI=1S/C40H58N4O2S/c45-38(39(41-35-25-17-18-26-36(35)47-39)33-21-11-7-3-1-4-8-12-22-33)42-40(34-23-13-9-5-2-6-10-14-24-34)44-43-37(46-40)32-28-27-30-19-15-16-20-31(30)29-32/h17-18,25-29,33-34,37,41,43-44H,1-16,19-24H2,(H,42,45). The highest BCUT2D eigenvalue weighted by Crippen LogP contribution is 2.52. The largest absolute Gasteiger partial charge is 0.362 e. The first kappa shape index (κ1) is 33.4. The Balaban J connectivity index is 1.20. The Morgan fingerprint density at radius 3 is 1.96 bits per heavy atom. The Labute approximate surface area is 287 Å². The predicted octanol–water partition coefficient (Wildman–Crippen LogP) is 9.65. The van der Waals surface area contributed by atoms with Gasteiger partial charge in [0.05, 0.1) is 0 Å². The Hall–Kier alpha value is -2.06. The molecule has 2 saturated carbocycles. The maximum absolute atomic E-state index is 15.3. The van der Waals surface area contributed by atoms with Crippen molar-refractivity contribution in [1.29, 1.82) is 0 Å². The van der Waals surface area contributed by atoms with Crippen LogP contribution in [0.15, 0.2) is 47.4 Å². The summed E-state index contributed by atoms with van der Waals surface area (Å²) >= 11 is 1.75. The number of anilines is 1. The number of hydrogen-bond donors (Lipinski definition) is 4. The van der Waals surface area contributed by atoms with Crippen molar-refractivity contribution in [2.45, 2.75) is 163 Å². The van der Waals surface area contributed by atoms with Crippen molar-refractivity contribution in [3.05, 3.63) is 59.2 Å². The smallest absolute Gasteiger partial charge is 0.260 e. The van der Waals surface area contributed by atoms with E-state index in [-0.39, 0.29) is 24.0 Å². The molecule has 1 amide bonds. The molecule has 2 heterocycles. The van der Waals surface area contributed by atoms with Gasteiger partial charge in [-0.25, -0.2) is 10.9 Å². The van der Waals surface area contributed by atoms with E-state index >= 15 is 4.79 Å². The van der Waals surface area contributed by atoms with E-state index < -0.39 is 10.7 Å². The summed E-state index contributed by atoms with van der Waals surface area (Å²) in [4.78, 5) is 15.7. The third-order valence-electron chi connectivity index (χ3n) is 11.8. The minimum atomic E-state index is -0.975. The highest BCUT2D eigenvalue weighted by Gasteiger charge is 2.55. The van der Waals surface area contributed by atoms with Gasteiger partial charge in [-0.2, -0.15) is 0 Å². The van der Waals surface area contributed by atoms with Crippen LogP contribution in [0, 0.1) is 11.8 Å². The van der Waals surface area contributed by atoms with Crippen molar-refractivity contribution in [1.82, 2.24) is 16.2 Å². The van der Waals surface area contributed by atoms with Crippen molar-refractivity contribution >= 4 is 23.4 Å². The Kier molecular flexibility index (Phi) is 11.1. The second kappa shape index (κ2) is 15.7. The first-order chi connectivity index (χ1) is 23.2. The van der Waals surface area contributed by atoms with E-state index in [0.29, 0.717) is 0 Å². The van der Waals surface area contributed by atoms with Crippen LogP contribution in [0.25, 0.3) is 0 Å². The molecule has 3 unspecified atom stereocenters. The Bertz CT molecular complexity index is 1310. The van der Waals surface area contributed by atoms with Gasteiger partial charge in [0.25, 0.3) is 5.91 Å². The van der Waals surface area contributed by atoms with Crippen LogP contribution in [0.4, 0.5) is 5.69 Å². The molecule has 6 nitrogen and oxygen atoms in total. The average molecular weight is 659 g/mol. The van der Waals surface area contributed by atoms with Crippen LogP contribution >= 0.6 is 11.8 Å². The molecule has 2 aromatic rings. The van der Waals surface area contributed by atoms with Crippen LogP contribution < -0.4 is 21.5 Å². The summed E-state index contributed by atoms with van der Waals surface area (Å²) in [7, 11) is 0. The summed E-state index contributed by atoms with van der Waals surface area (Å²) in [5.41, 5.74) is 12.4. The fourth-order valence-electron chi connectivity index (χ4n) is 9.07. The van der Waals surface area contributed by atoms with E-state index in [2.05, 4.69) is 63.9 Å². The summed E-state index contributed by atoms with van der Waals surface area (Å²) < 4.78 is 7.16. The number of para-hydroxylation sites is 1. The molecule has 1 saturated heterocycles. The fraction of sp³-hybridized carbons (Fsp3) is 0.675. The number of aryl methyl sites for hydroxylation is 2. The van der Waals surface area contributed by atoms with Crippen molar-refractivity contribution < 1.29 is 9.53 Å². The summed E-state index contributed by atoms with van der Waals surface area (Å²) in [5, 5.41) is 7.53. The van der Waals surface area contributed by atoms with E-state index in [0.717, 1.165) is 43.4 Å². The van der Waals surface area contributed by atoms with E-state index in [9.17, 15) is 0 Å². The molecule has 0 bridgehead atoms. The van der Waals surface area contributed by atoms with Gasteiger partial charge in [0.1, 0.15) is 0 Å². The van der Waals surface area contributed by atoms with Crippen molar-refractivity contribution in [2.75, 3.05) is 5.32 Å². The minimum Gasteiger partial charge on any atom is -0.362 e. The molecule has 4 N–H and O–H groups in total. The lowest BCUT2D eigenvalue weighted by molar-refractivity contribution is -0.151. The molecule has 3 aliphatic carbocycles. The van der Waals surface area contributed by atoms with Crippen molar-refractivity contribution in [2.24, 2.45) is 11.8 Å². The number of rotatable bonds is 5. The zero-order valence-corrected chi connectivity index (χ0v) is 29.4. The lowest BCUT2D eigenvalue weighted by Crippen LogP contribution is -2.67. The lowest BCUT2D eigenvalue weighted by Gasteiger charge is -2.42. The summed E-state index contributed by atoms with van der Waals surface area (Å²) in [5.74, 6) is -0.491. The van der Waals surface area contributed by atoms with Gasteiger partial charge >= 0.3 is 0 Å². The molecule has 5 aliphatic rings. The first-order valence-electron chi connectivity index (χ1n) is 19.4. The zero-order valence-electron chi connectivity index (χ0n) is 28.6. The number of hydrazine groups is 1. The monoisotopic (exact) mass is 658 g/mol. The lowest BCUT2D eigenvalue weighted by atomic mass is 9.84. The minimum absolute atomic E-state index is 0.0678. The molecular formula is C40H58N4O2S. The van der Waals surface area contributed by atoms with Gasteiger partial charge in [0, 0.05) is 22.4 Å². The van der Waals surface area contributed by atoms with Gasteiger partial charge in [-0.3, -0.25) is 4.79 Å². The van der Waals surface area contributed by atoms with Crippen molar-refractivity contribution in [3.63, 3.8) is 0 Å². The average Bonchev–Trinajstić information content (AvgIpc) is 3.73. The maximum atomic E-state index is 15.3. The highest BCUT2D eigenvalue weighted by molar-refractivity contribution is 8.02. The number of benzene rings is 2. The van der Waals surface area contributed by atoms with E-state index in [4.69, 9.17) is 4.74 Å². The SMILES string of the molecule is O=C(NC1(C2CCCCCCCCC2)NNC(c2ccc3c(c2)CCCC3)O1)C1(C2CCCCCCCCC2)Nc2ccccc2S1. The molecule has 0 spiro atoms. The second-order valence-electron chi connectivity index (χ2n) is 15.1. The van der Waals surface area contributed by atoms with E-state index in [1.165, 1.54) is 125 Å². The first-order valence-corrected chi connectivity index (χ1v) is 20.2. The molecule has 0 radical (unpaired) electrons. The van der Waals surface area contributed by atoms with Gasteiger partial charge in [0.2, 0.25) is 5.85 Å². The number of amides is 1. The van der Waals surface area contributed by atoms with Crippen molar-refractivity contribution in [3.8, 4) is 0 Å². The topological polar surface area (TPSA) is 74.4 Å². The molecule has 7 heteroatoms. The van der Waals surface area contributed by atoms with Crippen LogP contribution in [-0.2, 0) is 22.4 Å². The third-order valence-corrected chi connectivity index (χ3v) is 13.4. The molecule has 2 aromatic carbocycles. The maximum Gasteiger partial charge on any atom is 0.260 e. The number of nitrogens with one attached hydrogen (secondary N) is 4. The molecule has 0 aromatic heterocycles. The van der Waals surface area contributed by atoms with E-state index in [1.807, 2.05) is 0 Å². The number of fused-ring (bicyclic) bond motifs is 2. The summed E-state index contributed by atoms with van der Waals surface area (Å²) in [6.45, 7) is 0. The molecule has 256 valence electrons. The summed E-state index contributed by atoms with van der Waals surface area (Å²) in [6, 6.07) is 15.4. The van der Waals surface area contributed by atoms with Gasteiger partial charge < -0.3 is 15.4 Å². The zero-order chi connectivity index (χ0) is 31.9. The third kappa shape index (κ3) is 7.59. The molecule has 2 aliphatic heterocycles. The Morgan fingerprint density at radius 1 is 0.702 bits per heavy atom. The van der Waals surface area contributed by atoms with Crippen LogP contribution in [0.1, 0.15) is 151 Å². The van der Waals surface area contributed by atoms with Gasteiger partial charge in [-0.1, -0.05) is 132 Å². The molecule has 3 fully saturated rings. The fourth-order valence-corrected chi connectivity index (χ4v) is 10.5. The number of carbonyl (C=O) groups is 1. The Morgan fingerprint density at radius 2 is 1.30 bits per heavy atom.